The molecule has 1 amide bonds. The highest BCUT2D eigenvalue weighted by molar-refractivity contribution is 6.04. The summed E-state index contributed by atoms with van der Waals surface area (Å²) in [5.41, 5.74) is 4.05. The Kier molecular flexibility index (Phi) is 4.13. The first-order chi connectivity index (χ1) is 9.90. The van der Waals surface area contributed by atoms with Crippen molar-refractivity contribution in [1.82, 2.24) is 15.0 Å². The van der Waals surface area contributed by atoms with E-state index in [9.17, 15) is 4.79 Å². The van der Waals surface area contributed by atoms with Crippen LogP contribution in [0.4, 0.5) is 11.5 Å². The lowest BCUT2D eigenvalue weighted by Crippen LogP contribution is -2.20. The first-order valence-corrected chi connectivity index (χ1v) is 6.45. The predicted molar refractivity (Wildman–Crippen MR) is 80.7 cm³/mol. The summed E-state index contributed by atoms with van der Waals surface area (Å²) in [6.45, 7) is 6.05. The van der Waals surface area contributed by atoms with Crippen molar-refractivity contribution in [1.29, 1.82) is 0 Å². The number of nitrogen functional groups attached to an aromatic ring is 1. The number of nitrogens with two attached hydrogens (primary N) is 1. The number of anilines is 2. The lowest BCUT2D eigenvalue weighted by Gasteiger charge is -2.19. The number of carbonyl (C=O) groups excluding carboxylic acids is 1. The van der Waals surface area contributed by atoms with Crippen LogP contribution >= 0.6 is 0 Å². The van der Waals surface area contributed by atoms with E-state index in [1.807, 2.05) is 20.8 Å². The minimum Gasteiger partial charge on any atom is -0.319 e. The third-order valence-corrected chi connectivity index (χ3v) is 2.82. The van der Waals surface area contributed by atoms with Crippen molar-refractivity contribution in [2.24, 2.45) is 5.84 Å². The molecule has 0 fully saturated rings. The highest BCUT2D eigenvalue weighted by Gasteiger charge is 2.19. The van der Waals surface area contributed by atoms with Crippen molar-refractivity contribution >= 4 is 17.4 Å². The normalized spacial score (nSPS) is 11.0. The molecule has 21 heavy (non-hydrogen) atoms. The van der Waals surface area contributed by atoms with Crippen molar-refractivity contribution in [3.05, 3.63) is 42.1 Å². The van der Waals surface area contributed by atoms with Crippen LogP contribution in [0, 0.1) is 0 Å². The number of nitrogens with one attached hydrogen (secondary N) is 2. The fourth-order valence-corrected chi connectivity index (χ4v) is 1.69. The summed E-state index contributed by atoms with van der Waals surface area (Å²) >= 11 is 0. The van der Waals surface area contributed by atoms with Gasteiger partial charge in [-0.25, -0.2) is 20.8 Å². The molecular formula is C14H18N6O. The summed E-state index contributed by atoms with van der Waals surface area (Å²) in [5.74, 6) is 5.59. The van der Waals surface area contributed by atoms with Crippen molar-refractivity contribution in [3.63, 3.8) is 0 Å². The van der Waals surface area contributed by atoms with Gasteiger partial charge in [0.2, 0.25) is 0 Å². The van der Waals surface area contributed by atoms with E-state index in [-0.39, 0.29) is 11.3 Å². The molecule has 0 saturated heterocycles. The number of rotatable bonds is 3. The molecule has 7 heteroatoms. The van der Waals surface area contributed by atoms with Gasteiger partial charge in [-0.15, -0.1) is 0 Å². The maximum atomic E-state index is 12.3. The number of nitrogens with zero attached hydrogens (tertiary/aromatic N) is 3. The molecule has 2 aromatic rings. The summed E-state index contributed by atoms with van der Waals surface area (Å²) in [5, 5.41) is 2.73. The summed E-state index contributed by atoms with van der Waals surface area (Å²) in [6, 6.07) is 3.34. The number of hydrogen-bond donors (Lipinski definition) is 3. The van der Waals surface area contributed by atoms with E-state index in [4.69, 9.17) is 5.84 Å². The first kappa shape index (κ1) is 14.9. The fourth-order valence-electron chi connectivity index (χ4n) is 1.69. The number of hydrogen-bond acceptors (Lipinski definition) is 6. The van der Waals surface area contributed by atoms with Crippen LogP contribution in [0.1, 0.15) is 36.8 Å². The van der Waals surface area contributed by atoms with Gasteiger partial charge in [0.05, 0.1) is 18.1 Å². The Morgan fingerprint density at radius 1 is 1.19 bits per heavy atom. The maximum absolute atomic E-state index is 12.3. The van der Waals surface area contributed by atoms with Crippen LogP contribution in [0.3, 0.4) is 0 Å². The van der Waals surface area contributed by atoms with Gasteiger partial charge in [0.25, 0.3) is 5.91 Å². The monoisotopic (exact) mass is 286 g/mol. The Balaban J connectivity index is 2.32. The molecule has 2 aromatic heterocycles. The van der Waals surface area contributed by atoms with Crippen molar-refractivity contribution in [2.45, 2.75) is 26.2 Å². The molecule has 0 spiro atoms. The Bertz CT molecular complexity index is 636. The standard InChI is InChI=1S/C14H18N6O/c1-14(2,3)11-4-9(5-12(19-11)20-15)13(21)18-10-6-16-8-17-7-10/h4-8H,15H2,1-3H3,(H,18,21)(H,19,20). The van der Waals surface area contributed by atoms with Crippen LogP contribution in [-0.4, -0.2) is 20.9 Å². The third-order valence-electron chi connectivity index (χ3n) is 2.82. The molecule has 7 nitrogen and oxygen atoms in total. The van der Waals surface area contributed by atoms with E-state index in [0.29, 0.717) is 17.1 Å². The molecule has 0 saturated carbocycles. The summed E-state index contributed by atoms with van der Waals surface area (Å²) < 4.78 is 0. The van der Waals surface area contributed by atoms with Crippen LogP contribution in [-0.2, 0) is 5.41 Å². The van der Waals surface area contributed by atoms with Crippen LogP contribution in [0.25, 0.3) is 0 Å². The van der Waals surface area contributed by atoms with Crippen LogP contribution in [0.15, 0.2) is 30.9 Å². The maximum Gasteiger partial charge on any atom is 0.255 e. The molecule has 110 valence electrons. The van der Waals surface area contributed by atoms with E-state index in [0.717, 1.165) is 5.69 Å². The van der Waals surface area contributed by atoms with Gasteiger partial charge in [-0.2, -0.15) is 0 Å². The summed E-state index contributed by atoms with van der Waals surface area (Å²) in [7, 11) is 0. The zero-order valence-corrected chi connectivity index (χ0v) is 12.2. The SMILES string of the molecule is CC(C)(C)c1cc(C(=O)Nc2cncnc2)cc(NN)n1. The first-order valence-electron chi connectivity index (χ1n) is 6.45. The minimum atomic E-state index is -0.269. The van der Waals surface area contributed by atoms with Gasteiger partial charge >= 0.3 is 0 Å². The quantitative estimate of drug-likeness (QED) is 0.586. The van der Waals surface area contributed by atoms with Gasteiger partial charge in [0, 0.05) is 16.7 Å². The molecule has 2 heterocycles. The smallest absolute Gasteiger partial charge is 0.255 e. The number of aromatic nitrogens is 3. The van der Waals surface area contributed by atoms with Crippen LogP contribution < -0.4 is 16.6 Å². The molecule has 0 aliphatic heterocycles. The zero-order chi connectivity index (χ0) is 15.5. The second kappa shape index (κ2) is 5.84. The van der Waals surface area contributed by atoms with Gasteiger partial charge in [-0.3, -0.25) is 4.79 Å². The molecular weight excluding hydrogens is 268 g/mol. The third kappa shape index (κ3) is 3.73. The van der Waals surface area contributed by atoms with E-state index in [2.05, 4.69) is 25.7 Å². The number of amides is 1. The van der Waals surface area contributed by atoms with Crippen LogP contribution in [0.2, 0.25) is 0 Å². The van der Waals surface area contributed by atoms with E-state index in [1.54, 1.807) is 12.1 Å². The molecule has 0 aromatic carbocycles. The van der Waals surface area contributed by atoms with Crippen LogP contribution in [0.5, 0.6) is 0 Å². The number of pyridine rings is 1. The molecule has 0 bridgehead atoms. The Morgan fingerprint density at radius 3 is 2.43 bits per heavy atom. The highest BCUT2D eigenvalue weighted by Crippen LogP contribution is 2.23. The molecule has 0 aliphatic carbocycles. The fraction of sp³-hybridized carbons (Fsp3) is 0.286. The average molecular weight is 286 g/mol. The Labute approximate surface area is 123 Å². The van der Waals surface area contributed by atoms with Crippen molar-refractivity contribution < 1.29 is 4.79 Å². The van der Waals surface area contributed by atoms with Gasteiger partial charge in [0.15, 0.2) is 0 Å². The average Bonchev–Trinajstić information content (AvgIpc) is 2.46. The zero-order valence-electron chi connectivity index (χ0n) is 12.2. The van der Waals surface area contributed by atoms with Gasteiger partial charge in [-0.1, -0.05) is 20.8 Å². The van der Waals surface area contributed by atoms with Crippen molar-refractivity contribution in [2.75, 3.05) is 10.7 Å². The molecule has 0 atom stereocenters. The lowest BCUT2D eigenvalue weighted by atomic mass is 9.90. The van der Waals surface area contributed by atoms with Gasteiger partial charge in [-0.05, 0) is 12.1 Å². The largest absolute Gasteiger partial charge is 0.319 e. The Morgan fingerprint density at radius 2 is 1.86 bits per heavy atom. The van der Waals surface area contributed by atoms with E-state index in [1.165, 1.54) is 18.7 Å². The van der Waals surface area contributed by atoms with Gasteiger partial charge < -0.3 is 10.7 Å². The number of hydrazine groups is 1. The Hall–Kier alpha value is -2.54. The summed E-state index contributed by atoms with van der Waals surface area (Å²) in [6.07, 6.45) is 4.45. The molecule has 0 aliphatic rings. The summed E-state index contributed by atoms with van der Waals surface area (Å²) in [4.78, 5) is 24.4. The van der Waals surface area contributed by atoms with Crippen molar-refractivity contribution in [3.8, 4) is 0 Å². The lowest BCUT2D eigenvalue weighted by molar-refractivity contribution is 0.102. The second-order valence-electron chi connectivity index (χ2n) is 5.60. The molecule has 0 radical (unpaired) electrons. The second-order valence-corrected chi connectivity index (χ2v) is 5.60. The van der Waals surface area contributed by atoms with E-state index < -0.39 is 0 Å². The molecule has 0 unspecified atom stereocenters. The molecule has 2 rings (SSSR count). The predicted octanol–water partition coefficient (Wildman–Crippen LogP) is 1.71. The highest BCUT2D eigenvalue weighted by atomic mass is 16.1. The minimum absolute atomic E-state index is 0.197. The number of carbonyl (C=O) groups is 1. The van der Waals surface area contributed by atoms with Gasteiger partial charge in [0.1, 0.15) is 12.1 Å². The van der Waals surface area contributed by atoms with E-state index >= 15 is 0 Å². The topological polar surface area (TPSA) is 106 Å². The molecule has 4 N–H and O–H groups in total.